The summed E-state index contributed by atoms with van der Waals surface area (Å²) in [6.45, 7) is 12.5. The van der Waals surface area contributed by atoms with Crippen LogP contribution in [0.3, 0.4) is 0 Å². The molecule has 2 heteroatoms. The van der Waals surface area contributed by atoms with E-state index in [4.69, 9.17) is 0 Å². The molecule has 13 heavy (non-hydrogen) atoms. The van der Waals surface area contributed by atoms with Crippen LogP contribution >= 0.6 is 21.6 Å². The fourth-order valence-electron chi connectivity index (χ4n) is 1.86. The van der Waals surface area contributed by atoms with E-state index in [2.05, 4.69) is 39.2 Å². The van der Waals surface area contributed by atoms with Gasteiger partial charge >= 0.3 is 0 Å². The Hall–Kier alpha value is 0.180. The van der Waals surface area contributed by atoms with Crippen LogP contribution < -0.4 is 0 Å². The maximum atomic E-state index is 4.01. The summed E-state index contributed by atoms with van der Waals surface area (Å²) in [5.41, 5.74) is 0.275. The molecule has 0 radical (unpaired) electrons. The number of hydrogen-bond acceptors (Lipinski definition) is 2. The molecule has 0 nitrogen and oxygen atoms in total. The third-order valence-electron chi connectivity index (χ3n) is 3.07. The average Bonchev–Trinajstić information content (AvgIpc) is 2.17. The zero-order valence-corrected chi connectivity index (χ0v) is 10.1. The molecule has 1 saturated heterocycles. The Balaban J connectivity index is 2.90. The molecule has 0 bridgehead atoms. The standard InChI is InChI=1S/C11H18S2/c1-5-10-7-12-13-8-11(10,6-2)9(3)4/h5-6,9-10H,1-2,7-8H2,3-4H3. The van der Waals surface area contributed by atoms with Crippen molar-refractivity contribution in [1.29, 1.82) is 0 Å². The quantitative estimate of drug-likeness (QED) is 0.514. The van der Waals surface area contributed by atoms with Crippen molar-refractivity contribution < 1.29 is 0 Å². The predicted molar refractivity (Wildman–Crippen MR) is 66.1 cm³/mol. The molecule has 0 N–H and O–H groups in total. The van der Waals surface area contributed by atoms with Crippen LogP contribution in [0, 0.1) is 17.3 Å². The molecule has 1 rings (SSSR count). The van der Waals surface area contributed by atoms with Crippen molar-refractivity contribution in [2.24, 2.45) is 17.3 Å². The van der Waals surface area contributed by atoms with Gasteiger partial charge < -0.3 is 0 Å². The second kappa shape index (κ2) is 4.61. The van der Waals surface area contributed by atoms with Crippen LogP contribution in [0.5, 0.6) is 0 Å². The zero-order chi connectivity index (χ0) is 9.90. The third kappa shape index (κ3) is 1.99. The van der Waals surface area contributed by atoms with Gasteiger partial charge in [-0.15, -0.1) is 13.2 Å². The summed E-state index contributed by atoms with van der Waals surface area (Å²) in [6, 6.07) is 0. The number of hydrogen-bond donors (Lipinski definition) is 0. The van der Waals surface area contributed by atoms with E-state index in [1.807, 2.05) is 21.6 Å². The van der Waals surface area contributed by atoms with Crippen molar-refractivity contribution in [3.8, 4) is 0 Å². The minimum atomic E-state index is 0.275. The summed E-state index contributed by atoms with van der Waals surface area (Å²) >= 11 is 0. The molecule has 0 saturated carbocycles. The van der Waals surface area contributed by atoms with E-state index >= 15 is 0 Å². The molecule has 1 aliphatic heterocycles. The molecule has 2 atom stereocenters. The molecular formula is C11H18S2. The third-order valence-corrected chi connectivity index (χ3v) is 5.61. The molecule has 0 spiro atoms. The first-order valence-corrected chi connectivity index (χ1v) is 7.16. The maximum absolute atomic E-state index is 4.01. The Labute approximate surface area is 89.6 Å². The Morgan fingerprint density at radius 1 is 1.38 bits per heavy atom. The fourth-order valence-corrected chi connectivity index (χ4v) is 5.09. The second-order valence-electron chi connectivity index (χ2n) is 3.86. The summed E-state index contributed by atoms with van der Waals surface area (Å²) in [4.78, 5) is 0. The van der Waals surface area contributed by atoms with E-state index in [-0.39, 0.29) is 5.41 Å². The molecule has 0 aromatic carbocycles. The molecule has 1 aliphatic rings. The predicted octanol–water partition coefficient (Wildman–Crippen LogP) is 4.01. The first-order chi connectivity index (χ1) is 6.17. The maximum Gasteiger partial charge on any atom is 0.0137 e. The van der Waals surface area contributed by atoms with Crippen molar-refractivity contribution in [3.63, 3.8) is 0 Å². The van der Waals surface area contributed by atoms with Crippen LogP contribution in [0.1, 0.15) is 13.8 Å². The minimum Gasteiger partial charge on any atom is -0.103 e. The van der Waals surface area contributed by atoms with E-state index in [9.17, 15) is 0 Å². The summed E-state index contributed by atoms with van der Waals surface area (Å²) in [5.74, 6) is 3.60. The lowest BCUT2D eigenvalue weighted by Crippen LogP contribution is -2.38. The highest BCUT2D eigenvalue weighted by atomic mass is 33.1. The van der Waals surface area contributed by atoms with Gasteiger partial charge in [-0.3, -0.25) is 0 Å². The monoisotopic (exact) mass is 214 g/mol. The van der Waals surface area contributed by atoms with Gasteiger partial charge in [-0.25, -0.2) is 0 Å². The van der Waals surface area contributed by atoms with Gasteiger partial charge in [0.05, 0.1) is 0 Å². The molecule has 0 amide bonds. The zero-order valence-electron chi connectivity index (χ0n) is 8.45. The van der Waals surface area contributed by atoms with Gasteiger partial charge in [-0.2, -0.15) is 0 Å². The first-order valence-electron chi connectivity index (χ1n) is 4.68. The Bertz CT molecular complexity index is 198. The van der Waals surface area contributed by atoms with Crippen molar-refractivity contribution in [1.82, 2.24) is 0 Å². The lowest BCUT2D eigenvalue weighted by atomic mass is 9.69. The highest BCUT2D eigenvalue weighted by Crippen LogP contribution is 2.49. The van der Waals surface area contributed by atoms with Gasteiger partial charge in [0, 0.05) is 16.9 Å². The molecule has 1 heterocycles. The van der Waals surface area contributed by atoms with E-state index in [1.165, 1.54) is 11.5 Å². The topological polar surface area (TPSA) is 0 Å². The Morgan fingerprint density at radius 3 is 2.46 bits per heavy atom. The van der Waals surface area contributed by atoms with E-state index < -0.39 is 0 Å². The summed E-state index contributed by atoms with van der Waals surface area (Å²) in [7, 11) is 3.93. The van der Waals surface area contributed by atoms with Crippen molar-refractivity contribution >= 4 is 21.6 Å². The molecule has 0 aromatic rings. The van der Waals surface area contributed by atoms with Gasteiger partial charge in [-0.05, 0) is 11.8 Å². The highest BCUT2D eigenvalue weighted by molar-refractivity contribution is 8.76. The van der Waals surface area contributed by atoms with Gasteiger partial charge in [-0.1, -0.05) is 47.6 Å². The molecule has 0 aromatic heterocycles. The van der Waals surface area contributed by atoms with Gasteiger partial charge in [0.25, 0.3) is 0 Å². The first kappa shape index (κ1) is 11.3. The summed E-state index contributed by atoms with van der Waals surface area (Å²) in [6.07, 6.45) is 4.26. The van der Waals surface area contributed by atoms with Gasteiger partial charge in [0.15, 0.2) is 0 Å². The van der Waals surface area contributed by atoms with Crippen LogP contribution in [-0.4, -0.2) is 11.5 Å². The van der Waals surface area contributed by atoms with Crippen LogP contribution in [0.4, 0.5) is 0 Å². The van der Waals surface area contributed by atoms with Crippen LogP contribution in [0.25, 0.3) is 0 Å². The molecule has 2 unspecified atom stereocenters. The Morgan fingerprint density at radius 2 is 2.08 bits per heavy atom. The number of allylic oxidation sites excluding steroid dienone is 2. The fraction of sp³-hybridized carbons (Fsp3) is 0.636. The van der Waals surface area contributed by atoms with E-state index in [1.54, 1.807) is 0 Å². The molecular weight excluding hydrogens is 196 g/mol. The Kier molecular flexibility index (Phi) is 3.99. The van der Waals surface area contributed by atoms with Crippen LogP contribution in [-0.2, 0) is 0 Å². The van der Waals surface area contributed by atoms with Gasteiger partial charge in [0.1, 0.15) is 0 Å². The molecule has 74 valence electrons. The van der Waals surface area contributed by atoms with Crippen LogP contribution in [0.2, 0.25) is 0 Å². The summed E-state index contributed by atoms with van der Waals surface area (Å²) < 4.78 is 0. The largest absolute Gasteiger partial charge is 0.103 e. The smallest absolute Gasteiger partial charge is 0.0137 e. The summed E-state index contributed by atoms with van der Waals surface area (Å²) in [5, 5.41) is 0. The highest BCUT2D eigenvalue weighted by Gasteiger charge is 2.39. The molecule has 1 fully saturated rings. The van der Waals surface area contributed by atoms with Crippen molar-refractivity contribution in [2.45, 2.75) is 13.8 Å². The average molecular weight is 214 g/mol. The lowest BCUT2D eigenvalue weighted by Gasteiger charge is -2.43. The lowest BCUT2D eigenvalue weighted by molar-refractivity contribution is 0.239. The van der Waals surface area contributed by atoms with E-state index in [0.717, 1.165) is 0 Å². The number of rotatable bonds is 3. The van der Waals surface area contributed by atoms with Crippen molar-refractivity contribution in [2.75, 3.05) is 11.5 Å². The van der Waals surface area contributed by atoms with E-state index in [0.29, 0.717) is 11.8 Å². The van der Waals surface area contributed by atoms with Gasteiger partial charge in [0.2, 0.25) is 0 Å². The molecule has 0 aliphatic carbocycles. The SMILES string of the molecule is C=CC1CSSCC1(C=C)C(C)C. The minimum absolute atomic E-state index is 0.275. The second-order valence-corrected chi connectivity index (χ2v) is 6.37. The normalized spacial score (nSPS) is 34.5. The van der Waals surface area contributed by atoms with Crippen LogP contribution in [0.15, 0.2) is 25.3 Å². The van der Waals surface area contributed by atoms with Crippen molar-refractivity contribution in [3.05, 3.63) is 25.3 Å².